The molecule has 0 saturated carbocycles. The summed E-state index contributed by atoms with van der Waals surface area (Å²) in [5, 5.41) is 8.61. The number of carbonyl (C=O) groups is 1. The van der Waals surface area contributed by atoms with Crippen molar-refractivity contribution in [2.24, 2.45) is 7.05 Å². The van der Waals surface area contributed by atoms with Crippen LogP contribution < -0.4 is 4.74 Å². The van der Waals surface area contributed by atoms with Gasteiger partial charge in [0.05, 0.1) is 17.8 Å². The van der Waals surface area contributed by atoms with E-state index in [9.17, 15) is 4.79 Å². The quantitative estimate of drug-likeness (QED) is 0.662. The van der Waals surface area contributed by atoms with Crippen LogP contribution in [0.15, 0.2) is 41.1 Å². The second-order valence-electron chi connectivity index (χ2n) is 5.92. The molecule has 0 aliphatic rings. The molecule has 26 heavy (non-hydrogen) atoms. The molecular weight excluding hydrogens is 356 g/mol. The topological polar surface area (TPSA) is 73.4 Å². The lowest BCUT2D eigenvalue weighted by Gasteiger charge is -2.16. The zero-order chi connectivity index (χ0) is 18.7. The molecule has 0 atom stereocenters. The highest BCUT2D eigenvalue weighted by Gasteiger charge is 2.24. The van der Waals surface area contributed by atoms with E-state index in [-0.39, 0.29) is 18.2 Å². The summed E-state index contributed by atoms with van der Waals surface area (Å²) < 4.78 is 12.7. The largest absolute Gasteiger partial charge is 0.489 e. The van der Waals surface area contributed by atoms with Gasteiger partial charge in [-0.15, -0.1) is 0 Å². The van der Waals surface area contributed by atoms with Gasteiger partial charge in [0.2, 0.25) is 0 Å². The Labute approximate surface area is 156 Å². The summed E-state index contributed by atoms with van der Waals surface area (Å²) in [4.78, 5) is 14.3. The van der Waals surface area contributed by atoms with Gasteiger partial charge in [-0.05, 0) is 31.2 Å². The summed E-state index contributed by atoms with van der Waals surface area (Å²) in [6, 6.07) is 8.93. The Kier molecular flexibility index (Phi) is 5.27. The van der Waals surface area contributed by atoms with E-state index < -0.39 is 0 Å². The summed E-state index contributed by atoms with van der Waals surface area (Å²) >= 11 is 5.96. The summed E-state index contributed by atoms with van der Waals surface area (Å²) in [5.74, 6) is 0.914. The number of benzene rings is 1. The molecule has 0 aliphatic heterocycles. The highest BCUT2D eigenvalue weighted by molar-refractivity contribution is 6.30. The SMILES string of the molecule is Cc1onc(C(=O)N(C)Cc2ccnn2C)c1COc1cccc(Cl)c1. The summed E-state index contributed by atoms with van der Waals surface area (Å²) in [5.41, 5.74) is 1.78. The second-order valence-corrected chi connectivity index (χ2v) is 6.36. The normalized spacial score (nSPS) is 10.8. The number of hydrogen-bond donors (Lipinski definition) is 0. The van der Waals surface area contributed by atoms with E-state index in [0.29, 0.717) is 28.6 Å². The Morgan fingerprint density at radius 3 is 2.88 bits per heavy atom. The van der Waals surface area contributed by atoms with Crippen molar-refractivity contribution in [3.05, 3.63) is 64.3 Å². The van der Waals surface area contributed by atoms with Crippen molar-refractivity contribution in [3.8, 4) is 5.75 Å². The van der Waals surface area contributed by atoms with Crippen molar-refractivity contribution in [2.45, 2.75) is 20.1 Å². The van der Waals surface area contributed by atoms with Gasteiger partial charge in [-0.3, -0.25) is 9.48 Å². The molecule has 0 aliphatic carbocycles. The standard InChI is InChI=1S/C18H19ClN4O3/c1-12-16(11-25-15-6-4-5-13(19)9-15)17(21-26-12)18(24)22(2)10-14-7-8-20-23(14)3/h4-9H,10-11H2,1-3H3. The van der Waals surface area contributed by atoms with Gasteiger partial charge < -0.3 is 14.2 Å². The first-order valence-corrected chi connectivity index (χ1v) is 8.39. The number of nitrogens with zero attached hydrogens (tertiary/aromatic N) is 4. The van der Waals surface area contributed by atoms with E-state index in [4.69, 9.17) is 20.9 Å². The summed E-state index contributed by atoms with van der Waals surface area (Å²) in [6.07, 6.45) is 1.69. The molecular formula is C18H19ClN4O3. The number of rotatable bonds is 6. The molecule has 3 aromatic rings. The van der Waals surface area contributed by atoms with E-state index in [1.807, 2.05) is 13.1 Å². The third-order valence-corrected chi connectivity index (χ3v) is 4.27. The monoisotopic (exact) mass is 374 g/mol. The molecule has 8 heteroatoms. The van der Waals surface area contributed by atoms with Crippen molar-refractivity contribution < 1.29 is 14.1 Å². The third-order valence-electron chi connectivity index (χ3n) is 4.03. The molecule has 0 saturated heterocycles. The lowest BCUT2D eigenvalue weighted by atomic mass is 10.2. The number of ether oxygens (including phenoxy) is 1. The van der Waals surface area contributed by atoms with Crippen molar-refractivity contribution in [1.29, 1.82) is 0 Å². The molecule has 136 valence electrons. The number of aromatic nitrogens is 3. The maximum Gasteiger partial charge on any atom is 0.276 e. The van der Waals surface area contributed by atoms with Gasteiger partial charge in [0.25, 0.3) is 5.91 Å². The molecule has 0 bridgehead atoms. The van der Waals surface area contributed by atoms with Gasteiger partial charge in [0, 0.05) is 25.3 Å². The van der Waals surface area contributed by atoms with Crippen LogP contribution >= 0.6 is 11.6 Å². The van der Waals surface area contributed by atoms with Crippen molar-refractivity contribution in [3.63, 3.8) is 0 Å². The Morgan fingerprint density at radius 1 is 1.38 bits per heavy atom. The Hall–Kier alpha value is -2.80. The molecule has 0 fully saturated rings. The molecule has 0 N–H and O–H groups in total. The lowest BCUT2D eigenvalue weighted by Crippen LogP contribution is -2.28. The first-order valence-electron chi connectivity index (χ1n) is 8.01. The minimum absolute atomic E-state index is 0.163. The number of amides is 1. The minimum atomic E-state index is -0.243. The molecule has 0 spiro atoms. The molecule has 2 aromatic heterocycles. The van der Waals surface area contributed by atoms with E-state index in [0.717, 1.165) is 5.69 Å². The van der Waals surface area contributed by atoms with Gasteiger partial charge in [-0.1, -0.05) is 22.8 Å². The molecule has 1 amide bonds. The molecule has 1 aromatic carbocycles. The molecule has 3 rings (SSSR count). The maximum absolute atomic E-state index is 12.8. The molecule has 0 unspecified atom stereocenters. The van der Waals surface area contributed by atoms with Crippen LogP contribution in [0.4, 0.5) is 0 Å². The minimum Gasteiger partial charge on any atom is -0.489 e. The Balaban J connectivity index is 1.74. The Morgan fingerprint density at radius 2 is 2.19 bits per heavy atom. The second kappa shape index (κ2) is 7.61. The van der Waals surface area contributed by atoms with Crippen LogP contribution in [-0.2, 0) is 20.2 Å². The van der Waals surface area contributed by atoms with Crippen molar-refractivity contribution in [1.82, 2.24) is 19.8 Å². The highest BCUT2D eigenvalue weighted by Crippen LogP contribution is 2.21. The summed E-state index contributed by atoms with van der Waals surface area (Å²) in [7, 11) is 3.54. The highest BCUT2D eigenvalue weighted by atomic mass is 35.5. The predicted octanol–water partition coefficient (Wildman–Crippen LogP) is 3.22. The van der Waals surface area contributed by atoms with Crippen molar-refractivity contribution in [2.75, 3.05) is 7.05 Å². The third kappa shape index (κ3) is 3.88. The number of hydrogen-bond acceptors (Lipinski definition) is 5. The van der Waals surface area contributed by atoms with Crippen LogP contribution in [0.5, 0.6) is 5.75 Å². The van der Waals surface area contributed by atoms with Crippen LogP contribution in [0.3, 0.4) is 0 Å². The van der Waals surface area contributed by atoms with E-state index in [2.05, 4.69) is 10.3 Å². The number of carbonyl (C=O) groups excluding carboxylic acids is 1. The van der Waals surface area contributed by atoms with Gasteiger partial charge in [0.15, 0.2) is 5.69 Å². The van der Waals surface area contributed by atoms with E-state index in [1.165, 1.54) is 0 Å². The van der Waals surface area contributed by atoms with Gasteiger partial charge >= 0.3 is 0 Å². The maximum atomic E-state index is 12.8. The number of halogens is 1. The first kappa shape index (κ1) is 18.0. The van der Waals surface area contributed by atoms with Crippen molar-refractivity contribution >= 4 is 17.5 Å². The molecule has 2 heterocycles. The van der Waals surface area contributed by atoms with Crippen LogP contribution in [0.2, 0.25) is 5.02 Å². The molecule has 0 radical (unpaired) electrons. The zero-order valence-corrected chi connectivity index (χ0v) is 15.5. The van der Waals surface area contributed by atoms with Crippen LogP contribution in [-0.4, -0.2) is 32.8 Å². The lowest BCUT2D eigenvalue weighted by molar-refractivity contribution is 0.0769. The Bertz CT molecular complexity index is 919. The van der Waals surface area contributed by atoms with E-state index >= 15 is 0 Å². The number of aryl methyl sites for hydroxylation is 2. The van der Waals surface area contributed by atoms with Gasteiger partial charge in [-0.2, -0.15) is 5.10 Å². The average Bonchev–Trinajstić information content (AvgIpc) is 3.18. The van der Waals surface area contributed by atoms with Crippen LogP contribution in [0, 0.1) is 6.92 Å². The fraction of sp³-hybridized carbons (Fsp3) is 0.278. The zero-order valence-electron chi connectivity index (χ0n) is 14.8. The average molecular weight is 375 g/mol. The van der Waals surface area contributed by atoms with E-state index in [1.54, 1.807) is 54.0 Å². The predicted molar refractivity (Wildman–Crippen MR) is 96.0 cm³/mol. The fourth-order valence-electron chi connectivity index (χ4n) is 2.49. The van der Waals surface area contributed by atoms with Crippen LogP contribution in [0.1, 0.15) is 27.5 Å². The first-order chi connectivity index (χ1) is 12.5. The summed E-state index contributed by atoms with van der Waals surface area (Å²) in [6.45, 7) is 2.33. The molecule has 7 nitrogen and oxygen atoms in total. The van der Waals surface area contributed by atoms with Gasteiger partial charge in [-0.25, -0.2) is 0 Å². The van der Waals surface area contributed by atoms with Crippen LogP contribution in [0.25, 0.3) is 0 Å². The fourth-order valence-corrected chi connectivity index (χ4v) is 2.67. The van der Waals surface area contributed by atoms with Gasteiger partial charge in [0.1, 0.15) is 18.1 Å². The smallest absolute Gasteiger partial charge is 0.276 e.